The molecule has 5 aromatic carbocycles. The van der Waals surface area contributed by atoms with Crippen LogP contribution in [0.25, 0.3) is 0 Å². The summed E-state index contributed by atoms with van der Waals surface area (Å²) in [6.45, 7) is 5.92. The van der Waals surface area contributed by atoms with Gasteiger partial charge in [0.15, 0.2) is 19.7 Å². The van der Waals surface area contributed by atoms with Crippen molar-refractivity contribution in [2.24, 2.45) is 5.92 Å². The highest BCUT2D eigenvalue weighted by Gasteiger charge is 2.66. The average molecular weight is 802 g/mol. The number of aliphatic hydroxyl groups excluding tert-OH is 1. The minimum absolute atomic E-state index is 0.0794. The lowest BCUT2D eigenvalue weighted by atomic mass is 9.82. The van der Waals surface area contributed by atoms with Gasteiger partial charge in [-0.1, -0.05) is 85.3 Å². The van der Waals surface area contributed by atoms with Gasteiger partial charge in [0.25, 0.3) is 11.8 Å². The van der Waals surface area contributed by atoms with Crippen LogP contribution in [0.5, 0.6) is 11.5 Å². The molecular weight excluding hydrogens is 758 g/mol. The van der Waals surface area contributed by atoms with Crippen molar-refractivity contribution in [1.29, 1.82) is 0 Å². The molecule has 1 fully saturated rings. The van der Waals surface area contributed by atoms with E-state index < -0.39 is 31.5 Å². The van der Waals surface area contributed by atoms with Crippen molar-refractivity contribution in [1.82, 2.24) is 4.90 Å². The van der Waals surface area contributed by atoms with E-state index in [2.05, 4.69) is 0 Å². The molecule has 4 atom stereocenters. The standard InChI is InChI=1S/C45H44ClN3O7Si/c1-29-42(57(2,3)54)40(26-41(51)47(22-23-50)27-30-12-5-4-6-13-30)56-45(29)35-25-32(46)20-21-36(35)48(44(45)53)28-31-14-11-15-33(24-31)49-37-17-8-10-19-39(37)55-38-18-9-7-16-34(38)43(49)52/h4-21,24-25,29,40,42,50,54H,22-23,26-28H2,1-3H3/t29-,40+,42-,45+/m1/s1. The largest absolute Gasteiger partial charge is 0.454 e. The van der Waals surface area contributed by atoms with Crippen molar-refractivity contribution in [3.63, 3.8) is 0 Å². The second-order valence-electron chi connectivity index (χ2n) is 15.5. The summed E-state index contributed by atoms with van der Waals surface area (Å²) in [7, 11) is -3.09. The molecule has 12 heteroatoms. The number of halogens is 1. The third kappa shape index (κ3) is 6.93. The molecule has 57 heavy (non-hydrogen) atoms. The topological polar surface area (TPSA) is 120 Å². The number of fused-ring (bicyclic) bond motifs is 4. The third-order valence-electron chi connectivity index (χ3n) is 11.4. The fraction of sp³-hybridized carbons (Fsp3) is 0.267. The number of ether oxygens (including phenoxy) is 2. The van der Waals surface area contributed by atoms with Gasteiger partial charge in [-0.05, 0) is 78.8 Å². The second-order valence-corrected chi connectivity index (χ2v) is 19.9. The number of nitrogens with zero attached hydrogens (tertiary/aromatic N) is 3. The van der Waals surface area contributed by atoms with Crippen LogP contribution >= 0.6 is 11.6 Å². The van der Waals surface area contributed by atoms with Crippen LogP contribution in [0.1, 0.15) is 40.4 Å². The Morgan fingerprint density at radius 3 is 2.32 bits per heavy atom. The fourth-order valence-electron chi connectivity index (χ4n) is 8.97. The molecule has 292 valence electrons. The first-order chi connectivity index (χ1) is 27.4. The van der Waals surface area contributed by atoms with E-state index in [1.807, 2.05) is 111 Å². The average Bonchev–Trinajstić information content (AvgIpc) is 3.56. The summed E-state index contributed by atoms with van der Waals surface area (Å²) in [6.07, 6.45) is -0.862. The number of benzene rings is 5. The quantitative estimate of drug-likeness (QED) is 0.137. The van der Waals surface area contributed by atoms with E-state index in [9.17, 15) is 19.5 Å². The van der Waals surface area contributed by atoms with Crippen LogP contribution in [0.3, 0.4) is 0 Å². The number of carbonyl (C=O) groups is 3. The monoisotopic (exact) mass is 801 g/mol. The van der Waals surface area contributed by atoms with Crippen LogP contribution in [0, 0.1) is 5.92 Å². The van der Waals surface area contributed by atoms with Gasteiger partial charge >= 0.3 is 0 Å². The molecule has 3 aliphatic heterocycles. The van der Waals surface area contributed by atoms with Crippen molar-refractivity contribution < 1.29 is 33.8 Å². The molecule has 0 bridgehead atoms. The first kappa shape index (κ1) is 38.6. The minimum Gasteiger partial charge on any atom is -0.454 e. The SMILES string of the molecule is C[C@@H]1[C@@H]([Si](C)(C)O)[C@H](CC(=O)N(CCO)Cc2ccccc2)O[C@@]12C(=O)N(Cc1cccc(N3C(=O)c4ccccc4Oc4ccccc43)c1)c1ccc(Cl)cc12. The number of hydrogen-bond acceptors (Lipinski definition) is 7. The van der Waals surface area contributed by atoms with Gasteiger partial charge in [0.2, 0.25) is 5.91 Å². The van der Waals surface area contributed by atoms with E-state index in [1.165, 1.54) is 0 Å². The number of hydrogen-bond donors (Lipinski definition) is 2. The predicted octanol–water partition coefficient (Wildman–Crippen LogP) is 8.18. The molecule has 0 radical (unpaired) electrons. The number of para-hydroxylation sites is 3. The lowest BCUT2D eigenvalue weighted by Crippen LogP contribution is -2.46. The van der Waals surface area contributed by atoms with Crippen molar-refractivity contribution >= 4 is 54.7 Å². The van der Waals surface area contributed by atoms with Crippen LogP contribution in [0.4, 0.5) is 17.1 Å². The molecule has 0 aliphatic carbocycles. The predicted molar refractivity (Wildman–Crippen MR) is 221 cm³/mol. The maximum atomic E-state index is 15.2. The summed E-state index contributed by atoms with van der Waals surface area (Å²) < 4.78 is 13.2. The maximum Gasteiger partial charge on any atom is 0.266 e. The number of amides is 3. The van der Waals surface area contributed by atoms with Gasteiger partial charge < -0.3 is 29.2 Å². The summed E-state index contributed by atoms with van der Waals surface area (Å²) in [5.74, 6) is -0.323. The molecule has 0 aromatic heterocycles. The Bertz CT molecular complexity index is 2350. The number of anilines is 3. The zero-order chi connectivity index (χ0) is 40.1. The highest BCUT2D eigenvalue weighted by Crippen LogP contribution is 2.60. The van der Waals surface area contributed by atoms with Crippen LogP contribution < -0.4 is 14.5 Å². The van der Waals surface area contributed by atoms with Gasteiger partial charge in [-0.2, -0.15) is 0 Å². The molecule has 10 nitrogen and oxygen atoms in total. The Kier molecular flexibility index (Phi) is 10.3. The normalized spacial score (nSPS) is 21.2. The first-order valence-electron chi connectivity index (χ1n) is 19.1. The number of rotatable bonds is 10. The Morgan fingerprint density at radius 1 is 0.860 bits per heavy atom. The molecule has 3 aliphatic rings. The Balaban J connectivity index is 1.13. The van der Waals surface area contributed by atoms with E-state index in [0.29, 0.717) is 51.3 Å². The summed E-state index contributed by atoms with van der Waals surface area (Å²) in [6, 6.07) is 36.9. The van der Waals surface area contributed by atoms with Gasteiger partial charge in [-0.25, -0.2) is 0 Å². The zero-order valence-electron chi connectivity index (χ0n) is 32.0. The van der Waals surface area contributed by atoms with Crippen LogP contribution in [-0.4, -0.2) is 60.1 Å². The Labute approximate surface area is 338 Å². The zero-order valence-corrected chi connectivity index (χ0v) is 33.7. The summed E-state index contributed by atoms with van der Waals surface area (Å²) >= 11 is 6.64. The lowest BCUT2D eigenvalue weighted by Gasteiger charge is -2.32. The highest BCUT2D eigenvalue weighted by molar-refractivity contribution is 6.71. The van der Waals surface area contributed by atoms with Crippen molar-refractivity contribution in [3.8, 4) is 11.5 Å². The molecule has 1 spiro atoms. The summed E-state index contributed by atoms with van der Waals surface area (Å²) in [5, 5.41) is 10.3. The van der Waals surface area contributed by atoms with E-state index in [4.69, 9.17) is 21.1 Å². The molecule has 8 rings (SSSR count). The van der Waals surface area contributed by atoms with Crippen LogP contribution in [0.2, 0.25) is 23.7 Å². The van der Waals surface area contributed by atoms with E-state index in [1.54, 1.807) is 45.0 Å². The molecule has 1 saturated heterocycles. The highest BCUT2D eigenvalue weighted by atomic mass is 35.5. The fourth-order valence-corrected chi connectivity index (χ4v) is 11.7. The maximum absolute atomic E-state index is 15.2. The molecule has 5 aromatic rings. The first-order valence-corrected chi connectivity index (χ1v) is 22.5. The Morgan fingerprint density at radius 2 is 1.56 bits per heavy atom. The number of carbonyl (C=O) groups excluding carboxylic acids is 3. The summed E-state index contributed by atoms with van der Waals surface area (Å²) in [5.41, 5.74) is 2.47. The van der Waals surface area contributed by atoms with Crippen molar-refractivity contribution in [2.45, 2.75) is 56.8 Å². The molecule has 3 amide bonds. The third-order valence-corrected chi connectivity index (χ3v) is 14.2. The van der Waals surface area contributed by atoms with E-state index in [0.717, 1.165) is 11.1 Å². The van der Waals surface area contributed by atoms with E-state index in [-0.39, 0.29) is 43.8 Å². The number of aliphatic hydroxyl groups is 1. The van der Waals surface area contributed by atoms with Gasteiger partial charge in [0, 0.05) is 40.8 Å². The van der Waals surface area contributed by atoms with Crippen LogP contribution in [-0.2, 0) is 33.0 Å². The molecule has 3 heterocycles. The van der Waals surface area contributed by atoms with Gasteiger partial charge in [0.05, 0.1) is 42.6 Å². The minimum atomic E-state index is -3.09. The van der Waals surface area contributed by atoms with Crippen LogP contribution in [0.15, 0.2) is 121 Å². The smallest absolute Gasteiger partial charge is 0.266 e. The molecule has 0 saturated carbocycles. The van der Waals surface area contributed by atoms with Gasteiger partial charge in [0.1, 0.15) is 5.75 Å². The lowest BCUT2D eigenvalue weighted by molar-refractivity contribution is -0.150. The summed E-state index contributed by atoms with van der Waals surface area (Å²) in [4.78, 5) is 60.1. The second kappa shape index (κ2) is 15.2. The molecular formula is C45H44ClN3O7Si. The van der Waals surface area contributed by atoms with Gasteiger partial charge in [-0.15, -0.1) is 0 Å². The van der Waals surface area contributed by atoms with Gasteiger partial charge in [-0.3, -0.25) is 19.3 Å². The van der Waals surface area contributed by atoms with E-state index >= 15 is 4.79 Å². The van der Waals surface area contributed by atoms with Crippen molar-refractivity contribution in [3.05, 3.63) is 149 Å². The Hall–Kier alpha value is -5.30. The molecule has 2 N–H and O–H groups in total. The molecule has 0 unspecified atom stereocenters. The van der Waals surface area contributed by atoms with Crippen molar-refractivity contribution in [2.75, 3.05) is 23.0 Å².